The molecule has 2 heterocycles. The zero-order valence-electron chi connectivity index (χ0n) is 12.9. The van der Waals surface area contributed by atoms with Crippen LogP contribution in [-0.4, -0.2) is 24.7 Å². The van der Waals surface area contributed by atoms with E-state index in [9.17, 15) is 9.59 Å². The van der Waals surface area contributed by atoms with Gasteiger partial charge in [0.15, 0.2) is 11.6 Å². The average molecular weight is 324 g/mol. The van der Waals surface area contributed by atoms with E-state index in [0.29, 0.717) is 35.8 Å². The number of benzene rings is 2. The van der Waals surface area contributed by atoms with Crippen LogP contribution in [0.5, 0.6) is 11.5 Å². The van der Waals surface area contributed by atoms with Gasteiger partial charge in [0.2, 0.25) is 0 Å². The van der Waals surface area contributed by atoms with Gasteiger partial charge >= 0.3 is 0 Å². The molecule has 0 atom stereocenters. The fourth-order valence-corrected chi connectivity index (χ4v) is 3.24. The number of carbonyl (C=O) groups is 2. The molecule has 0 amide bonds. The van der Waals surface area contributed by atoms with Gasteiger partial charge in [-0.15, -0.1) is 0 Å². The second-order valence-electron chi connectivity index (χ2n) is 5.85. The van der Waals surface area contributed by atoms with Crippen molar-refractivity contribution in [1.82, 2.24) is 0 Å². The summed E-state index contributed by atoms with van der Waals surface area (Å²) in [4.78, 5) is 23.8. The summed E-state index contributed by atoms with van der Waals surface area (Å²) < 4.78 is 11.7. The quantitative estimate of drug-likeness (QED) is 0.824. The Bertz CT molecular complexity index is 765. The number of rotatable bonds is 4. The fraction of sp³-hybridized carbons (Fsp3) is 0.222. The van der Waals surface area contributed by atoms with Gasteiger partial charge in [-0.3, -0.25) is 9.59 Å². The van der Waals surface area contributed by atoms with Crippen LogP contribution in [0.2, 0.25) is 0 Å². The molecule has 0 fully saturated rings. The Morgan fingerprint density at radius 2 is 1.21 bits per heavy atom. The van der Waals surface area contributed by atoms with Crippen LogP contribution in [0.3, 0.4) is 0 Å². The summed E-state index contributed by atoms with van der Waals surface area (Å²) in [6.45, 7) is 0.519. The third-order valence-corrected chi connectivity index (χ3v) is 4.40. The van der Waals surface area contributed by atoms with Crippen molar-refractivity contribution in [3.63, 3.8) is 0 Å². The average Bonchev–Trinajstić information content (AvgIpc) is 2.63. The zero-order valence-corrected chi connectivity index (χ0v) is 12.9. The van der Waals surface area contributed by atoms with E-state index in [1.54, 1.807) is 24.3 Å². The molecule has 24 heavy (non-hydrogen) atoms. The van der Waals surface area contributed by atoms with E-state index in [1.165, 1.54) is 0 Å². The minimum absolute atomic E-state index is 0.0501. The molecule has 4 N–H and O–H groups in total. The van der Waals surface area contributed by atoms with E-state index < -0.39 is 0 Å². The molecular formula is C18H16N2O4. The molecular weight excluding hydrogens is 308 g/mol. The van der Waals surface area contributed by atoms with Gasteiger partial charge in [-0.2, -0.15) is 0 Å². The van der Waals surface area contributed by atoms with Crippen molar-refractivity contribution in [3.05, 3.63) is 46.5 Å². The molecule has 0 aliphatic carbocycles. The third-order valence-electron chi connectivity index (χ3n) is 4.40. The SMILES string of the molecule is NCC(=O)c1cc2c3c(c1)OCc1cc(C(=O)CN)cc(c1-3)OC2. The Hall–Kier alpha value is -2.70. The topological polar surface area (TPSA) is 105 Å². The molecule has 6 nitrogen and oxygen atoms in total. The first-order chi connectivity index (χ1) is 11.6. The van der Waals surface area contributed by atoms with Gasteiger partial charge in [-0.05, 0) is 24.3 Å². The first-order valence-corrected chi connectivity index (χ1v) is 7.68. The van der Waals surface area contributed by atoms with Crippen LogP contribution in [0.25, 0.3) is 11.1 Å². The molecule has 4 rings (SSSR count). The van der Waals surface area contributed by atoms with Crippen molar-refractivity contribution >= 4 is 11.6 Å². The molecule has 2 aromatic rings. The highest BCUT2D eigenvalue weighted by molar-refractivity contribution is 6.01. The Morgan fingerprint density at radius 1 is 0.792 bits per heavy atom. The standard InChI is InChI=1S/C18H16N2O4/c19-5-13(21)9-1-11-7-23-16-4-10(14(22)6-20)2-12-8-24-15(3-9)17(11)18(12)16/h1-4H,5-8,19-20H2. The van der Waals surface area contributed by atoms with E-state index in [-0.39, 0.29) is 24.7 Å². The summed E-state index contributed by atoms with van der Waals surface area (Å²) in [6, 6.07) is 7.05. The van der Waals surface area contributed by atoms with Crippen LogP contribution >= 0.6 is 0 Å². The van der Waals surface area contributed by atoms with Crippen molar-refractivity contribution in [1.29, 1.82) is 0 Å². The van der Waals surface area contributed by atoms with Gasteiger partial charge in [-0.1, -0.05) is 0 Å². The van der Waals surface area contributed by atoms with Gasteiger partial charge in [-0.25, -0.2) is 0 Å². The number of Topliss-reactive ketones (excluding diaryl/α,β-unsaturated/α-hetero) is 2. The molecule has 0 spiro atoms. The van der Waals surface area contributed by atoms with Crippen molar-refractivity contribution in [2.75, 3.05) is 13.1 Å². The normalized spacial score (nSPS) is 13.6. The molecule has 6 heteroatoms. The second-order valence-corrected chi connectivity index (χ2v) is 5.85. The van der Waals surface area contributed by atoms with E-state index >= 15 is 0 Å². The number of nitrogens with two attached hydrogens (primary N) is 2. The second kappa shape index (κ2) is 5.43. The van der Waals surface area contributed by atoms with Crippen molar-refractivity contribution in [3.8, 4) is 22.6 Å². The van der Waals surface area contributed by atoms with Crippen LogP contribution in [0.15, 0.2) is 24.3 Å². The zero-order chi connectivity index (χ0) is 16.8. The maximum atomic E-state index is 11.9. The predicted octanol–water partition coefficient (Wildman–Crippen LogP) is 1.42. The molecule has 0 aromatic heterocycles. The Labute approximate surface area is 138 Å². The highest BCUT2D eigenvalue weighted by Crippen LogP contribution is 2.49. The van der Waals surface area contributed by atoms with E-state index in [4.69, 9.17) is 20.9 Å². The van der Waals surface area contributed by atoms with Gasteiger partial charge in [0.05, 0.1) is 13.1 Å². The first-order valence-electron chi connectivity index (χ1n) is 7.68. The molecule has 0 unspecified atom stereocenters. The number of hydrogen-bond acceptors (Lipinski definition) is 6. The monoisotopic (exact) mass is 324 g/mol. The minimum atomic E-state index is -0.141. The van der Waals surface area contributed by atoms with Crippen LogP contribution in [-0.2, 0) is 13.2 Å². The van der Waals surface area contributed by atoms with Gasteiger partial charge < -0.3 is 20.9 Å². The smallest absolute Gasteiger partial charge is 0.176 e. The summed E-state index contributed by atoms with van der Waals surface area (Å²) >= 11 is 0. The molecule has 2 aliphatic heterocycles. The van der Waals surface area contributed by atoms with E-state index in [1.807, 2.05) is 0 Å². The van der Waals surface area contributed by atoms with Crippen molar-refractivity contribution < 1.29 is 19.1 Å². The lowest BCUT2D eigenvalue weighted by atomic mass is 9.87. The lowest BCUT2D eigenvalue weighted by Gasteiger charge is -2.30. The minimum Gasteiger partial charge on any atom is -0.488 e. The highest BCUT2D eigenvalue weighted by Gasteiger charge is 2.30. The molecule has 0 saturated heterocycles. The molecule has 122 valence electrons. The van der Waals surface area contributed by atoms with Crippen molar-refractivity contribution in [2.24, 2.45) is 11.5 Å². The molecule has 0 bridgehead atoms. The van der Waals surface area contributed by atoms with Crippen LogP contribution in [0.1, 0.15) is 31.8 Å². The summed E-state index contributed by atoms with van der Waals surface area (Å²) in [5.41, 5.74) is 15.6. The van der Waals surface area contributed by atoms with Gasteiger partial charge in [0, 0.05) is 33.4 Å². The van der Waals surface area contributed by atoms with Crippen molar-refractivity contribution in [2.45, 2.75) is 13.2 Å². The number of hydrogen-bond donors (Lipinski definition) is 2. The summed E-state index contributed by atoms with van der Waals surface area (Å²) in [7, 11) is 0. The van der Waals surface area contributed by atoms with Crippen LogP contribution < -0.4 is 20.9 Å². The maximum Gasteiger partial charge on any atom is 0.176 e. The van der Waals surface area contributed by atoms with Crippen LogP contribution in [0, 0.1) is 0 Å². The Morgan fingerprint density at radius 3 is 1.58 bits per heavy atom. The van der Waals surface area contributed by atoms with Gasteiger partial charge in [0.1, 0.15) is 24.7 Å². The first kappa shape index (κ1) is 14.9. The Balaban J connectivity index is 1.91. The van der Waals surface area contributed by atoms with E-state index in [0.717, 1.165) is 22.3 Å². The third kappa shape index (κ3) is 2.11. The van der Waals surface area contributed by atoms with Crippen LogP contribution in [0.4, 0.5) is 0 Å². The molecule has 0 radical (unpaired) electrons. The lowest BCUT2D eigenvalue weighted by Crippen LogP contribution is -2.20. The highest BCUT2D eigenvalue weighted by atomic mass is 16.5. The maximum absolute atomic E-state index is 11.9. The number of ether oxygens (including phenoxy) is 2. The fourth-order valence-electron chi connectivity index (χ4n) is 3.24. The summed E-state index contributed by atoms with van der Waals surface area (Å²) in [5, 5.41) is 0. The number of carbonyl (C=O) groups excluding carboxylic acids is 2. The largest absolute Gasteiger partial charge is 0.488 e. The number of ketones is 2. The molecule has 0 saturated carbocycles. The van der Waals surface area contributed by atoms with Gasteiger partial charge in [0.25, 0.3) is 0 Å². The predicted molar refractivity (Wildman–Crippen MR) is 87.3 cm³/mol. The summed E-state index contributed by atoms with van der Waals surface area (Å²) in [5.74, 6) is 1.02. The lowest BCUT2D eigenvalue weighted by molar-refractivity contribution is 0.0992. The Kier molecular flexibility index (Phi) is 3.37. The molecule has 2 aromatic carbocycles. The van der Waals surface area contributed by atoms with E-state index in [2.05, 4.69) is 0 Å². The molecule has 2 aliphatic rings. The summed E-state index contributed by atoms with van der Waals surface area (Å²) in [6.07, 6.45) is 0.